The van der Waals surface area contributed by atoms with E-state index in [0.29, 0.717) is 34.3 Å². The Hall–Kier alpha value is -3.53. The summed E-state index contributed by atoms with van der Waals surface area (Å²) < 4.78 is 24.2. The molecule has 0 aliphatic carbocycles. The van der Waals surface area contributed by atoms with Crippen LogP contribution in [0.15, 0.2) is 47.6 Å². The zero-order chi connectivity index (χ0) is 20.6. The molecular weight excluding hydrogens is 390 g/mol. The van der Waals surface area contributed by atoms with E-state index in [1.54, 1.807) is 18.3 Å². The molecular formula is C19H19N7O2S. The van der Waals surface area contributed by atoms with Gasteiger partial charge in [-0.15, -0.1) is 0 Å². The molecule has 0 saturated heterocycles. The minimum atomic E-state index is -3.46. The van der Waals surface area contributed by atoms with Crippen LogP contribution in [0, 0.1) is 13.8 Å². The average molecular weight is 409 g/mol. The molecule has 4 rings (SSSR count). The van der Waals surface area contributed by atoms with Crippen molar-refractivity contribution in [3.05, 3.63) is 54.1 Å². The van der Waals surface area contributed by atoms with E-state index in [0.717, 1.165) is 11.8 Å². The lowest BCUT2D eigenvalue weighted by Crippen LogP contribution is -2.05. The number of hydrogen-bond donors (Lipinski definition) is 3. The molecule has 0 saturated carbocycles. The third-order valence-corrected chi connectivity index (χ3v) is 5.29. The van der Waals surface area contributed by atoms with E-state index in [9.17, 15) is 8.42 Å². The van der Waals surface area contributed by atoms with Gasteiger partial charge in [-0.2, -0.15) is 0 Å². The van der Waals surface area contributed by atoms with E-state index in [4.69, 9.17) is 0 Å². The third-order valence-electron chi connectivity index (χ3n) is 4.17. The molecule has 0 amide bonds. The lowest BCUT2D eigenvalue weighted by molar-refractivity contribution is 0.602. The normalized spacial score (nSPS) is 11.6. The second kappa shape index (κ2) is 7.13. The first-order chi connectivity index (χ1) is 13.8. The van der Waals surface area contributed by atoms with Crippen molar-refractivity contribution in [2.45, 2.75) is 18.7 Å². The maximum atomic E-state index is 12.1. The van der Waals surface area contributed by atoms with E-state index >= 15 is 0 Å². The molecule has 4 heterocycles. The molecule has 4 aromatic rings. The SMILES string of the molecule is Cc1ccnc(Nc2cc(Nc3ncccc3S(C)(=O)=O)c3nc(C)[nH]c3n2)c1. The van der Waals surface area contributed by atoms with Crippen molar-refractivity contribution in [2.75, 3.05) is 16.9 Å². The van der Waals surface area contributed by atoms with Crippen LogP contribution < -0.4 is 10.6 Å². The van der Waals surface area contributed by atoms with Crippen LogP contribution >= 0.6 is 0 Å². The van der Waals surface area contributed by atoms with Crippen molar-refractivity contribution in [2.24, 2.45) is 0 Å². The van der Waals surface area contributed by atoms with Gasteiger partial charge < -0.3 is 15.6 Å². The van der Waals surface area contributed by atoms with Crippen molar-refractivity contribution in [3.8, 4) is 0 Å². The number of aryl methyl sites for hydroxylation is 2. The van der Waals surface area contributed by atoms with Crippen LogP contribution in [0.2, 0.25) is 0 Å². The second-order valence-electron chi connectivity index (χ2n) is 6.67. The third kappa shape index (κ3) is 4.02. The number of H-pyrrole nitrogens is 1. The molecule has 0 fully saturated rings. The fraction of sp³-hybridized carbons (Fsp3) is 0.158. The minimum Gasteiger partial charge on any atom is -0.337 e. The first-order valence-electron chi connectivity index (χ1n) is 8.79. The molecule has 9 nitrogen and oxygen atoms in total. The van der Waals surface area contributed by atoms with E-state index in [1.807, 2.05) is 26.0 Å². The Balaban J connectivity index is 1.80. The van der Waals surface area contributed by atoms with Gasteiger partial charge in [0.1, 0.15) is 33.7 Å². The van der Waals surface area contributed by atoms with Crippen molar-refractivity contribution in [1.82, 2.24) is 24.9 Å². The van der Waals surface area contributed by atoms with Gasteiger partial charge in [0, 0.05) is 24.7 Å². The Labute approximate surface area is 167 Å². The number of hydrogen-bond acceptors (Lipinski definition) is 8. The average Bonchev–Trinajstić information content (AvgIpc) is 3.02. The molecule has 29 heavy (non-hydrogen) atoms. The number of rotatable bonds is 5. The zero-order valence-corrected chi connectivity index (χ0v) is 16.9. The van der Waals surface area contributed by atoms with Crippen LogP contribution in [0.4, 0.5) is 23.1 Å². The van der Waals surface area contributed by atoms with Crippen molar-refractivity contribution in [1.29, 1.82) is 0 Å². The summed E-state index contributed by atoms with van der Waals surface area (Å²) in [5, 5.41) is 6.27. The second-order valence-corrected chi connectivity index (χ2v) is 8.65. The summed E-state index contributed by atoms with van der Waals surface area (Å²) in [5.74, 6) is 2.08. The fourth-order valence-corrected chi connectivity index (χ4v) is 3.69. The molecule has 4 aromatic heterocycles. The number of aromatic amines is 1. The van der Waals surface area contributed by atoms with E-state index in [1.165, 1.54) is 12.3 Å². The predicted octanol–water partition coefficient (Wildman–Crippen LogP) is 3.26. The van der Waals surface area contributed by atoms with Crippen LogP contribution in [0.5, 0.6) is 0 Å². The molecule has 0 aromatic carbocycles. The first-order valence-corrected chi connectivity index (χ1v) is 10.7. The summed E-state index contributed by atoms with van der Waals surface area (Å²) in [5.41, 5.74) is 2.76. The lowest BCUT2D eigenvalue weighted by atomic mass is 10.3. The zero-order valence-electron chi connectivity index (χ0n) is 16.1. The van der Waals surface area contributed by atoms with Gasteiger partial charge >= 0.3 is 0 Å². The first kappa shape index (κ1) is 18.8. The van der Waals surface area contributed by atoms with Gasteiger partial charge in [0.05, 0.1) is 5.69 Å². The highest BCUT2D eigenvalue weighted by molar-refractivity contribution is 7.90. The topological polar surface area (TPSA) is 126 Å². The Bertz CT molecular complexity index is 1320. The quantitative estimate of drug-likeness (QED) is 0.459. The predicted molar refractivity (Wildman–Crippen MR) is 112 cm³/mol. The smallest absolute Gasteiger partial charge is 0.179 e. The number of fused-ring (bicyclic) bond motifs is 1. The summed E-state index contributed by atoms with van der Waals surface area (Å²) >= 11 is 0. The van der Waals surface area contributed by atoms with Crippen molar-refractivity contribution < 1.29 is 8.42 Å². The highest BCUT2D eigenvalue weighted by Gasteiger charge is 2.17. The molecule has 0 spiro atoms. The van der Waals surface area contributed by atoms with Gasteiger partial charge in [-0.1, -0.05) is 0 Å². The van der Waals surface area contributed by atoms with Gasteiger partial charge in [-0.3, -0.25) is 0 Å². The minimum absolute atomic E-state index is 0.104. The van der Waals surface area contributed by atoms with Gasteiger partial charge in [0.25, 0.3) is 0 Å². The molecule has 0 radical (unpaired) electrons. The van der Waals surface area contributed by atoms with Crippen molar-refractivity contribution >= 4 is 44.1 Å². The standard InChI is InChI=1S/C19H19N7O2S/c1-11-6-8-20-15(9-11)25-16-10-13(17-19(26-16)23-12(2)22-17)24-18-14(29(3,27)28)5-4-7-21-18/h4-10H,1-3H3,(H3,20,21,22,23,24,25,26). The highest BCUT2D eigenvalue weighted by Crippen LogP contribution is 2.29. The van der Waals surface area contributed by atoms with Crippen LogP contribution in [0.1, 0.15) is 11.4 Å². The van der Waals surface area contributed by atoms with Gasteiger partial charge in [-0.05, 0) is 43.7 Å². The van der Waals surface area contributed by atoms with Crippen LogP contribution in [-0.4, -0.2) is 39.6 Å². The number of sulfone groups is 1. The highest BCUT2D eigenvalue weighted by atomic mass is 32.2. The Kier molecular flexibility index (Phi) is 4.63. The summed E-state index contributed by atoms with van der Waals surface area (Å²) in [6.07, 6.45) is 4.38. The van der Waals surface area contributed by atoms with Gasteiger partial charge in [-0.25, -0.2) is 28.4 Å². The summed E-state index contributed by atoms with van der Waals surface area (Å²) in [6, 6.07) is 8.64. The number of imidazole rings is 1. The Morgan fingerprint density at radius 3 is 2.55 bits per heavy atom. The van der Waals surface area contributed by atoms with E-state index in [-0.39, 0.29) is 10.7 Å². The molecule has 10 heteroatoms. The summed E-state index contributed by atoms with van der Waals surface area (Å²) in [6.45, 7) is 3.80. The maximum Gasteiger partial charge on any atom is 0.179 e. The molecule has 0 aliphatic rings. The molecule has 0 unspecified atom stereocenters. The van der Waals surface area contributed by atoms with Gasteiger partial charge in [0.2, 0.25) is 0 Å². The van der Waals surface area contributed by atoms with E-state index < -0.39 is 9.84 Å². The molecule has 148 valence electrons. The number of anilines is 4. The maximum absolute atomic E-state index is 12.1. The molecule has 0 bridgehead atoms. The van der Waals surface area contributed by atoms with Gasteiger partial charge in [0.15, 0.2) is 15.5 Å². The molecule has 3 N–H and O–H groups in total. The van der Waals surface area contributed by atoms with Crippen LogP contribution in [-0.2, 0) is 9.84 Å². The Morgan fingerprint density at radius 1 is 0.966 bits per heavy atom. The summed E-state index contributed by atoms with van der Waals surface area (Å²) in [4.78, 5) is 20.7. The largest absolute Gasteiger partial charge is 0.337 e. The number of nitrogens with one attached hydrogen (secondary N) is 3. The summed E-state index contributed by atoms with van der Waals surface area (Å²) in [7, 11) is -3.46. The lowest BCUT2D eigenvalue weighted by Gasteiger charge is -2.12. The number of pyridine rings is 3. The van der Waals surface area contributed by atoms with Crippen molar-refractivity contribution in [3.63, 3.8) is 0 Å². The van der Waals surface area contributed by atoms with E-state index in [2.05, 4.69) is 35.6 Å². The monoisotopic (exact) mass is 409 g/mol. The fourth-order valence-electron chi connectivity index (χ4n) is 2.91. The number of aromatic nitrogens is 5. The Morgan fingerprint density at radius 2 is 1.79 bits per heavy atom. The number of nitrogens with zero attached hydrogens (tertiary/aromatic N) is 4. The molecule has 0 atom stereocenters. The van der Waals surface area contributed by atoms with Crippen LogP contribution in [0.3, 0.4) is 0 Å². The van der Waals surface area contributed by atoms with Crippen LogP contribution in [0.25, 0.3) is 11.2 Å². The molecule has 0 aliphatic heterocycles.